The zero-order valence-corrected chi connectivity index (χ0v) is 40.4. The summed E-state index contributed by atoms with van der Waals surface area (Å²) in [4.78, 5) is 37.6. The van der Waals surface area contributed by atoms with E-state index in [9.17, 15) is 14.4 Å². The van der Waals surface area contributed by atoms with Gasteiger partial charge in [0, 0.05) is 19.3 Å². The molecule has 0 rings (SSSR count). The van der Waals surface area contributed by atoms with Gasteiger partial charge in [0.15, 0.2) is 6.10 Å². The van der Waals surface area contributed by atoms with Crippen molar-refractivity contribution in [3.63, 3.8) is 0 Å². The van der Waals surface area contributed by atoms with E-state index >= 15 is 0 Å². The largest absolute Gasteiger partial charge is 0.462 e. The minimum Gasteiger partial charge on any atom is -0.462 e. The lowest BCUT2D eigenvalue weighted by Gasteiger charge is -2.18. The van der Waals surface area contributed by atoms with Gasteiger partial charge in [-0.15, -0.1) is 0 Å². The quantitative estimate of drug-likeness (QED) is 0.0345. The molecule has 6 heteroatoms. The standard InChI is InChI=1S/C53H102O6/c1-6-7-8-31-40-45-53(56)59-50(47-58-52(55)44-39-35-30-26-22-18-17-20-24-28-33-37-42-49(4)5)46-57-51(54)43-38-34-29-25-21-16-14-12-10-9-11-13-15-19-23-27-32-36-41-48(2)3/h48-50H,6-47H2,1-5H3/t50-/m1/s1. The fourth-order valence-corrected chi connectivity index (χ4v) is 7.99. The molecular formula is C53H102O6. The molecule has 0 bridgehead atoms. The van der Waals surface area contributed by atoms with Crippen LogP contribution in [0.1, 0.15) is 291 Å². The first kappa shape index (κ1) is 57.4. The molecule has 0 aliphatic heterocycles. The number of unbranched alkanes of at least 4 members (excludes halogenated alkanes) is 32. The summed E-state index contributed by atoms with van der Waals surface area (Å²) in [5.41, 5.74) is 0. The Labute approximate surface area is 368 Å². The van der Waals surface area contributed by atoms with Gasteiger partial charge < -0.3 is 14.2 Å². The molecule has 0 saturated heterocycles. The van der Waals surface area contributed by atoms with Crippen molar-refractivity contribution in [2.75, 3.05) is 13.2 Å². The summed E-state index contributed by atoms with van der Waals surface area (Å²) in [6.45, 7) is 11.3. The number of carbonyl (C=O) groups excluding carboxylic acids is 3. The molecule has 0 saturated carbocycles. The molecule has 0 aliphatic rings. The Morgan fingerprint density at radius 1 is 0.322 bits per heavy atom. The second kappa shape index (κ2) is 45.9. The van der Waals surface area contributed by atoms with Crippen molar-refractivity contribution >= 4 is 17.9 Å². The molecule has 0 aromatic carbocycles. The second-order valence-electron chi connectivity index (χ2n) is 19.1. The van der Waals surface area contributed by atoms with Crippen molar-refractivity contribution in [2.45, 2.75) is 298 Å². The lowest BCUT2D eigenvalue weighted by Crippen LogP contribution is -2.30. The highest BCUT2D eigenvalue weighted by atomic mass is 16.6. The number of carbonyl (C=O) groups is 3. The lowest BCUT2D eigenvalue weighted by molar-refractivity contribution is -0.167. The number of hydrogen-bond acceptors (Lipinski definition) is 6. The van der Waals surface area contributed by atoms with Crippen LogP contribution in [-0.2, 0) is 28.6 Å². The Balaban J connectivity index is 4.02. The predicted octanol–water partition coefficient (Wildman–Crippen LogP) is 16.9. The van der Waals surface area contributed by atoms with Crippen molar-refractivity contribution in [3.8, 4) is 0 Å². The van der Waals surface area contributed by atoms with Crippen LogP contribution in [0.25, 0.3) is 0 Å². The first-order chi connectivity index (χ1) is 28.7. The third kappa shape index (κ3) is 47.3. The maximum atomic E-state index is 12.6. The minimum atomic E-state index is -0.759. The lowest BCUT2D eigenvalue weighted by atomic mass is 10.0. The van der Waals surface area contributed by atoms with E-state index in [1.807, 2.05) is 0 Å². The van der Waals surface area contributed by atoms with E-state index in [1.165, 1.54) is 173 Å². The molecular weight excluding hydrogens is 733 g/mol. The van der Waals surface area contributed by atoms with Gasteiger partial charge in [0.05, 0.1) is 0 Å². The van der Waals surface area contributed by atoms with Crippen LogP contribution >= 0.6 is 0 Å². The Morgan fingerprint density at radius 2 is 0.559 bits per heavy atom. The molecule has 0 aromatic rings. The van der Waals surface area contributed by atoms with Crippen LogP contribution in [0.15, 0.2) is 0 Å². The second-order valence-corrected chi connectivity index (χ2v) is 19.1. The topological polar surface area (TPSA) is 78.9 Å². The SMILES string of the molecule is CCCCCCCC(=O)O[C@H](COC(=O)CCCCCCCCCCCCCCCCCCCCC(C)C)COC(=O)CCCCCCCCCCCCCCC(C)C. The van der Waals surface area contributed by atoms with Gasteiger partial charge in [-0.2, -0.15) is 0 Å². The van der Waals surface area contributed by atoms with Crippen LogP contribution in [0.4, 0.5) is 0 Å². The molecule has 0 aliphatic carbocycles. The van der Waals surface area contributed by atoms with E-state index in [2.05, 4.69) is 34.6 Å². The molecule has 59 heavy (non-hydrogen) atoms. The van der Waals surface area contributed by atoms with Gasteiger partial charge in [-0.25, -0.2) is 0 Å². The number of hydrogen-bond donors (Lipinski definition) is 0. The Morgan fingerprint density at radius 3 is 0.831 bits per heavy atom. The van der Waals surface area contributed by atoms with E-state index in [0.717, 1.165) is 76.0 Å². The Bertz CT molecular complexity index is 900. The average Bonchev–Trinajstić information content (AvgIpc) is 3.20. The molecule has 0 aromatic heterocycles. The van der Waals surface area contributed by atoms with Crippen LogP contribution in [0, 0.1) is 11.8 Å². The highest BCUT2D eigenvalue weighted by molar-refractivity contribution is 5.71. The van der Waals surface area contributed by atoms with E-state index in [0.29, 0.717) is 19.3 Å². The van der Waals surface area contributed by atoms with Crippen LogP contribution < -0.4 is 0 Å². The normalized spacial score (nSPS) is 12.1. The van der Waals surface area contributed by atoms with Crippen molar-refractivity contribution < 1.29 is 28.6 Å². The van der Waals surface area contributed by atoms with Gasteiger partial charge in [-0.3, -0.25) is 14.4 Å². The first-order valence-electron chi connectivity index (χ1n) is 26.2. The predicted molar refractivity (Wildman–Crippen MR) is 252 cm³/mol. The van der Waals surface area contributed by atoms with Crippen molar-refractivity contribution in [2.24, 2.45) is 11.8 Å². The Hall–Kier alpha value is -1.59. The molecule has 350 valence electrons. The van der Waals surface area contributed by atoms with Crippen LogP contribution in [0.3, 0.4) is 0 Å². The summed E-state index contributed by atoms with van der Waals surface area (Å²) < 4.78 is 16.7. The highest BCUT2D eigenvalue weighted by Gasteiger charge is 2.19. The zero-order valence-electron chi connectivity index (χ0n) is 40.4. The summed E-state index contributed by atoms with van der Waals surface area (Å²) in [6.07, 6.45) is 47.0. The fourth-order valence-electron chi connectivity index (χ4n) is 7.99. The van der Waals surface area contributed by atoms with E-state index in [4.69, 9.17) is 14.2 Å². The molecule has 0 spiro atoms. The molecule has 0 radical (unpaired) electrons. The maximum Gasteiger partial charge on any atom is 0.306 e. The molecule has 0 N–H and O–H groups in total. The van der Waals surface area contributed by atoms with E-state index in [1.54, 1.807) is 0 Å². The third-order valence-corrected chi connectivity index (χ3v) is 12.0. The van der Waals surface area contributed by atoms with E-state index < -0.39 is 6.10 Å². The van der Waals surface area contributed by atoms with E-state index in [-0.39, 0.29) is 31.1 Å². The van der Waals surface area contributed by atoms with Gasteiger partial charge in [-0.05, 0) is 31.1 Å². The van der Waals surface area contributed by atoms with Crippen LogP contribution in [-0.4, -0.2) is 37.2 Å². The maximum absolute atomic E-state index is 12.6. The van der Waals surface area contributed by atoms with Gasteiger partial charge in [0.2, 0.25) is 0 Å². The van der Waals surface area contributed by atoms with Crippen LogP contribution in [0.2, 0.25) is 0 Å². The Kier molecular flexibility index (Phi) is 44.7. The van der Waals surface area contributed by atoms with Gasteiger partial charge in [0.1, 0.15) is 13.2 Å². The van der Waals surface area contributed by atoms with Gasteiger partial charge >= 0.3 is 17.9 Å². The number of rotatable bonds is 47. The summed E-state index contributed by atoms with van der Waals surface area (Å²) in [6, 6.07) is 0. The summed E-state index contributed by atoms with van der Waals surface area (Å²) in [5.74, 6) is 0.831. The molecule has 0 unspecified atom stereocenters. The van der Waals surface area contributed by atoms with Crippen LogP contribution in [0.5, 0.6) is 0 Å². The molecule has 0 fully saturated rings. The first-order valence-corrected chi connectivity index (χ1v) is 26.2. The highest BCUT2D eigenvalue weighted by Crippen LogP contribution is 2.18. The van der Waals surface area contributed by atoms with Gasteiger partial charge in [0.25, 0.3) is 0 Å². The summed E-state index contributed by atoms with van der Waals surface area (Å²) >= 11 is 0. The summed E-state index contributed by atoms with van der Waals surface area (Å²) in [7, 11) is 0. The molecule has 6 nitrogen and oxygen atoms in total. The molecule has 1 atom stereocenters. The third-order valence-electron chi connectivity index (χ3n) is 12.0. The molecule has 0 heterocycles. The number of esters is 3. The zero-order chi connectivity index (χ0) is 43.3. The average molecular weight is 835 g/mol. The fraction of sp³-hybridized carbons (Fsp3) is 0.943. The van der Waals surface area contributed by atoms with Crippen molar-refractivity contribution in [1.82, 2.24) is 0 Å². The minimum absolute atomic E-state index is 0.0650. The smallest absolute Gasteiger partial charge is 0.306 e. The summed E-state index contributed by atoms with van der Waals surface area (Å²) in [5, 5.41) is 0. The van der Waals surface area contributed by atoms with Crippen molar-refractivity contribution in [1.29, 1.82) is 0 Å². The monoisotopic (exact) mass is 835 g/mol. The molecule has 0 amide bonds. The van der Waals surface area contributed by atoms with Gasteiger partial charge in [-0.1, -0.05) is 253 Å². The van der Waals surface area contributed by atoms with Crippen molar-refractivity contribution in [3.05, 3.63) is 0 Å². The number of ether oxygens (including phenoxy) is 3.